The van der Waals surface area contributed by atoms with E-state index in [1.807, 2.05) is 34.0 Å². The van der Waals surface area contributed by atoms with E-state index in [1.54, 1.807) is 6.07 Å². The predicted octanol–water partition coefficient (Wildman–Crippen LogP) is 3.23. The lowest BCUT2D eigenvalue weighted by Crippen LogP contribution is -1.92. The molecule has 0 aliphatic heterocycles. The minimum atomic E-state index is -0.202. The first kappa shape index (κ1) is 8.25. The lowest BCUT2D eigenvalue weighted by atomic mass is 10.2. The molecule has 1 heterocycles. The summed E-state index contributed by atoms with van der Waals surface area (Å²) in [6.07, 6.45) is 0. The number of nitrogen functional groups attached to an aromatic ring is 1. The van der Waals surface area contributed by atoms with Gasteiger partial charge < -0.3 is 5.73 Å². The smallest absolute Gasteiger partial charge is 0.147 e. The summed E-state index contributed by atoms with van der Waals surface area (Å²) in [6, 6.07) is 3.59. The van der Waals surface area contributed by atoms with E-state index in [0.717, 1.165) is 4.70 Å². The third-order valence-electron chi connectivity index (χ3n) is 1.66. The molecule has 0 radical (unpaired) electrons. The van der Waals surface area contributed by atoms with Crippen molar-refractivity contribution in [3.05, 3.63) is 26.9 Å². The number of halogens is 2. The van der Waals surface area contributed by atoms with Gasteiger partial charge in [0.2, 0.25) is 0 Å². The molecular weight excluding hydrogens is 288 g/mol. The minimum Gasteiger partial charge on any atom is -0.398 e. The fourth-order valence-corrected chi connectivity index (χ4v) is 2.34. The second kappa shape index (κ2) is 2.85. The van der Waals surface area contributed by atoms with Crippen molar-refractivity contribution in [1.29, 1.82) is 0 Å². The predicted molar refractivity (Wildman–Crippen MR) is 58.9 cm³/mol. The number of hydrogen-bond acceptors (Lipinski definition) is 2. The zero-order valence-electron chi connectivity index (χ0n) is 5.97. The van der Waals surface area contributed by atoms with Crippen LogP contribution in [0.2, 0.25) is 0 Å². The molecule has 2 rings (SSSR count). The summed E-state index contributed by atoms with van der Waals surface area (Å²) < 4.78 is 14.8. The van der Waals surface area contributed by atoms with Crippen molar-refractivity contribution < 1.29 is 4.39 Å². The molecule has 0 bridgehead atoms. The molecule has 2 N–H and O–H groups in total. The lowest BCUT2D eigenvalue weighted by molar-refractivity contribution is 0.633. The number of rotatable bonds is 0. The maximum absolute atomic E-state index is 13.4. The van der Waals surface area contributed by atoms with Crippen LogP contribution in [0, 0.1) is 9.39 Å². The first-order valence-corrected chi connectivity index (χ1v) is 5.26. The van der Waals surface area contributed by atoms with Gasteiger partial charge in [0, 0.05) is 15.8 Å². The van der Waals surface area contributed by atoms with Crippen LogP contribution >= 0.6 is 33.9 Å². The molecule has 4 heteroatoms. The highest BCUT2D eigenvalue weighted by Crippen LogP contribution is 2.30. The van der Waals surface area contributed by atoms with Gasteiger partial charge in [-0.2, -0.15) is 0 Å². The van der Waals surface area contributed by atoms with Crippen molar-refractivity contribution >= 4 is 49.7 Å². The molecule has 2 aromatic rings. The fourth-order valence-electron chi connectivity index (χ4n) is 1.06. The molecule has 0 spiro atoms. The van der Waals surface area contributed by atoms with Crippen molar-refractivity contribution in [2.24, 2.45) is 0 Å². The average Bonchev–Trinajstić information content (AvgIpc) is 2.48. The van der Waals surface area contributed by atoms with Gasteiger partial charge >= 0.3 is 0 Å². The van der Waals surface area contributed by atoms with E-state index in [4.69, 9.17) is 5.73 Å². The Labute approximate surface area is 86.5 Å². The van der Waals surface area contributed by atoms with Crippen molar-refractivity contribution in [2.75, 3.05) is 5.73 Å². The van der Waals surface area contributed by atoms with Gasteiger partial charge in [0.25, 0.3) is 0 Å². The highest BCUT2D eigenvalue weighted by Gasteiger charge is 2.09. The molecule has 12 heavy (non-hydrogen) atoms. The molecule has 0 saturated heterocycles. The third-order valence-corrected chi connectivity index (χ3v) is 3.62. The zero-order valence-corrected chi connectivity index (χ0v) is 8.95. The Morgan fingerprint density at radius 3 is 3.00 bits per heavy atom. The van der Waals surface area contributed by atoms with Crippen LogP contribution in [0.15, 0.2) is 17.5 Å². The molecule has 1 aromatic carbocycles. The van der Waals surface area contributed by atoms with Gasteiger partial charge in [0.05, 0.1) is 3.57 Å². The Morgan fingerprint density at radius 2 is 2.25 bits per heavy atom. The highest BCUT2D eigenvalue weighted by molar-refractivity contribution is 14.1. The second-order valence-electron chi connectivity index (χ2n) is 2.43. The van der Waals surface area contributed by atoms with E-state index < -0.39 is 0 Å². The van der Waals surface area contributed by atoms with E-state index in [1.165, 1.54) is 11.3 Å². The van der Waals surface area contributed by atoms with E-state index in [0.29, 0.717) is 14.6 Å². The third kappa shape index (κ3) is 1.09. The van der Waals surface area contributed by atoms with Gasteiger partial charge in [0.1, 0.15) is 5.82 Å². The summed E-state index contributed by atoms with van der Waals surface area (Å²) in [5, 5.41) is 2.53. The Morgan fingerprint density at radius 1 is 1.50 bits per heavy atom. The van der Waals surface area contributed by atoms with Gasteiger partial charge in [-0.15, -0.1) is 11.3 Å². The van der Waals surface area contributed by atoms with E-state index in [2.05, 4.69) is 0 Å². The van der Waals surface area contributed by atoms with Gasteiger partial charge in [-0.1, -0.05) is 0 Å². The molecular formula is C8H5FINS. The molecule has 1 aromatic heterocycles. The van der Waals surface area contributed by atoms with Gasteiger partial charge in [-0.3, -0.25) is 0 Å². The van der Waals surface area contributed by atoms with E-state index in [-0.39, 0.29) is 5.82 Å². The maximum atomic E-state index is 13.4. The summed E-state index contributed by atoms with van der Waals surface area (Å²) in [4.78, 5) is 0. The van der Waals surface area contributed by atoms with Gasteiger partial charge in [-0.05, 0) is 40.1 Å². The number of benzene rings is 1. The van der Waals surface area contributed by atoms with Crippen molar-refractivity contribution in [2.45, 2.75) is 0 Å². The largest absolute Gasteiger partial charge is 0.398 e. The number of nitrogens with two attached hydrogens (primary N) is 1. The molecule has 0 amide bonds. The van der Waals surface area contributed by atoms with Crippen LogP contribution in [0.1, 0.15) is 0 Å². The van der Waals surface area contributed by atoms with Crippen LogP contribution in [0.3, 0.4) is 0 Å². The summed E-state index contributed by atoms with van der Waals surface area (Å²) in [5.41, 5.74) is 6.12. The van der Waals surface area contributed by atoms with Gasteiger partial charge in [-0.25, -0.2) is 4.39 Å². The van der Waals surface area contributed by atoms with Crippen LogP contribution in [0.4, 0.5) is 10.1 Å². The minimum absolute atomic E-state index is 0.202. The van der Waals surface area contributed by atoms with E-state index in [9.17, 15) is 4.39 Å². The second-order valence-corrected chi connectivity index (χ2v) is 4.45. The molecule has 0 fully saturated rings. The normalized spacial score (nSPS) is 10.8. The van der Waals surface area contributed by atoms with Crippen molar-refractivity contribution in [3.63, 3.8) is 0 Å². The fraction of sp³-hybridized carbons (Fsp3) is 0. The Kier molecular flexibility index (Phi) is 1.96. The summed E-state index contributed by atoms with van der Waals surface area (Å²) in [7, 11) is 0. The van der Waals surface area contributed by atoms with E-state index >= 15 is 0 Å². The maximum Gasteiger partial charge on any atom is 0.147 e. The molecule has 0 unspecified atom stereocenters. The lowest BCUT2D eigenvalue weighted by Gasteiger charge is -2.00. The number of fused-ring (bicyclic) bond motifs is 1. The summed E-state index contributed by atoms with van der Waals surface area (Å²) in [6.45, 7) is 0. The highest BCUT2D eigenvalue weighted by atomic mass is 127. The average molecular weight is 293 g/mol. The first-order valence-electron chi connectivity index (χ1n) is 3.31. The standard InChI is InChI=1S/C8H5FINS/c9-7-4-1-2-12-6(4)3-5(11)8(7)10/h1-3H,11H2. The first-order chi connectivity index (χ1) is 5.70. The summed E-state index contributed by atoms with van der Waals surface area (Å²) >= 11 is 3.42. The number of anilines is 1. The van der Waals surface area contributed by atoms with Crippen molar-refractivity contribution in [3.8, 4) is 0 Å². The monoisotopic (exact) mass is 293 g/mol. The van der Waals surface area contributed by atoms with Crippen LogP contribution in [0.25, 0.3) is 10.1 Å². The van der Waals surface area contributed by atoms with Crippen LogP contribution in [0.5, 0.6) is 0 Å². The topological polar surface area (TPSA) is 26.0 Å². The van der Waals surface area contributed by atoms with Crippen LogP contribution in [-0.4, -0.2) is 0 Å². The summed E-state index contributed by atoms with van der Waals surface area (Å²) in [5.74, 6) is -0.202. The van der Waals surface area contributed by atoms with Gasteiger partial charge in [0.15, 0.2) is 0 Å². The van der Waals surface area contributed by atoms with Crippen LogP contribution < -0.4 is 5.73 Å². The Bertz CT molecular complexity index is 438. The number of hydrogen-bond donors (Lipinski definition) is 1. The molecule has 1 nitrogen and oxygen atoms in total. The van der Waals surface area contributed by atoms with Crippen molar-refractivity contribution in [1.82, 2.24) is 0 Å². The Balaban J connectivity index is 2.94. The molecule has 0 aliphatic rings. The molecule has 0 saturated carbocycles. The Hall–Kier alpha value is -0.360. The molecule has 0 aliphatic carbocycles. The molecule has 0 atom stereocenters. The number of thiophene rings is 1. The quantitative estimate of drug-likeness (QED) is 0.586. The SMILES string of the molecule is Nc1cc2sccc2c(F)c1I. The zero-order chi connectivity index (χ0) is 8.72. The molecule has 62 valence electrons. The van der Waals surface area contributed by atoms with Crippen LogP contribution in [-0.2, 0) is 0 Å².